The van der Waals surface area contributed by atoms with Crippen LogP contribution in [0, 0.1) is 0 Å². The zero-order valence-electron chi connectivity index (χ0n) is 19.4. The molecule has 0 saturated heterocycles. The number of ether oxygens (including phenoxy) is 3. The van der Waals surface area contributed by atoms with Crippen molar-refractivity contribution >= 4 is 22.8 Å². The number of hydrogen-bond acceptors (Lipinski definition) is 9. The van der Waals surface area contributed by atoms with Crippen molar-refractivity contribution in [3.8, 4) is 17.1 Å². The number of aryl methyl sites for hydroxylation is 1. The van der Waals surface area contributed by atoms with Gasteiger partial charge in [0.05, 0.1) is 36.1 Å². The van der Waals surface area contributed by atoms with Gasteiger partial charge in [-0.3, -0.25) is 15.3 Å². The summed E-state index contributed by atoms with van der Waals surface area (Å²) < 4.78 is 17.2. The molecule has 0 aliphatic carbocycles. The third kappa shape index (κ3) is 3.48. The van der Waals surface area contributed by atoms with Crippen LogP contribution < -0.4 is 16.0 Å². The van der Waals surface area contributed by atoms with Gasteiger partial charge in [0, 0.05) is 22.9 Å². The average molecular weight is 479 g/mol. The van der Waals surface area contributed by atoms with E-state index in [0.29, 0.717) is 29.1 Å². The molecule has 0 saturated carbocycles. The van der Waals surface area contributed by atoms with E-state index >= 15 is 0 Å². The number of cyclic esters (lactones) is 1. The lowest BCUT2D eigenvalue weighted by Gasteiger charge is -2.31. The second-order valence-corrected chi connectivity index (χ2v) is 8.61. The Labute approximate surface area is 200 Å². The number of benzene rings is 1. The Balaban J connectivity index is 1.61. The van der Waals surface area contributed by atoms with E-state index in [1.165, 1.54) is 0 Å². The number of carbonyl (C=O) groups is 2. The molecule has 3 N–H and O–H groups in total. The molecule has 2 aliphatic heterocycles. The molecular weight excluding hydrogens is 454 g/mol. The molecule has 10 heteroatoms. The van der Waals surface area contributed by atoms with Gasteiger partial charge < -0.3 is 23.9 Å². The first-order valence-corrected chi connectivity index (χ1v) is 11.3. The van der Waals surface area contributed by atoms with Gasteiger partial charge in [-0.2, -0.15) is 0 Å². The summed E-state index contributed by atoms with van der Waals surface area (Å²) in [6.07, 6.45) is 0.647. The summed E-state index contributed by atoms with van der Waals surface area (Å²) in [5, 5.41) is 11.8. The molecule has 0 amide bonds. The standard InChI is InChI=1S/C25H25N3O7/c1-3-25(32)17-9-19-21-14(10-28(19)23(30)16(17)11-34-24(25)31)8-15-18(27-21)6-4-13(22(15)33-2)5-7-20(29)35-12-26/h4,6,8-9,32H,3,5,7,10-12,26H2,1-2H3/t25-/m0/s1. The number of pyridine rings is 2. The van der Waals surface area contributed by atoms with E-state index in [1.807, 2.05) is 18.2 Å². The minimum Gasteiger partial charge on any atom is -0.496 e. The van der Waals surface area contributed by atoms with Crippen LogP contribution in [0.5, 0.6) is 5.75 Å². The van der Waals surface area contributed by atoms with Gasteiger partial charge >= 0.3 is 11.9 Å². The van der Waals surface area contributed by atoms with E-state index < -0.39 is 17.5 Å². The van der Waals surface area contributed by atoms with Gasteiger partial charge in [-0.25, -0.2) is 9.78 Å². The van der Waals surface area contributed by atoms with Crippen LogP contribution >= 0.6 is 0 Å². The summed E-state index contributed by atoms with van der Waals surface area (Å²) in [6.45, 7) is 1.61. The molecule has 2 aliphatic rings. The molecule has 1 atom stereocenters. The lowest BCUT2D eigenvalue weighted by Crippen LogP contribution is -2.44. The van der Waals surface area contributed by atoms with Crippen LogP contribution in [0.1, 0.15) is 42.0 Å². The van der Waals surface area contributed by atoms with Crippen LogP contribution in [0.15, 0.2) is 29.1 Å². The summed E-state index contributed by atoms with van der Waals surface area (Å²) in [4.78, 5) is 42.2. The predicted octanol–water partition coefficient (Wildman–Crippen LogP) is 1.48. The van der Waals surface area contributed by atoms with E-state index in [0.717, 1.165) is 16.5 Å². The van der Waals surface area contributed by atoms with Crippen LogP contribution in [0.25, 0.3) is 22.3 Å². The molecule has 1 aromatic carbocycles. The van der Waals surface area contributed by atoms with Gasteiger partial charge in [-0.1, -0.05) is 13.0 Å². The van der Waals surface area contributed by atoms with E-state index in [4.69, 9.17) is 24.9 Å². The number of rotatable bonds is 6. The minimum atomic E-state index is -1.87. The Morgan fingerprint density at radius 3 is 2.83 bits per heavy atom. The number of hydrogen-bond donors (Lipinski definition) is 2. The first-order chi connectivity index (χ1) is 16.8. The molecule has 0 unspecified atom stereocenters. The highest BCUT2D eigenvalue weighted by molar-refractivity contribution is 5.91. The molecule has 3 aromatic rings. The highest BCUT2D eigenvalue weighted by atomic mass is 16.6. The third-order valence-corrected chi connectivity index (χ3v) is 6.77. The average Bonchev–Trinajstić information content (AvgIpc) is 3.21. The molecule has 0 spiro atoms. The summed E-state index contributed by atoms with van der Waals surface area (Å²) in [6, 6.07) is 7.29. The lowest BCUT2D eigenvalue weighted by atomic mass is 9.86. The summed E-state index contributed by atoms with van der Waals surface area (Å²) in [5.41, 5.74) is 7.06. The topological polar surface area (TPSA) is 143 Å². The predicted molar refractivity (Wildman–Crippen MR) is 125 cm³/mol. The number of esters is 2. The van der Waals surface area contributed by atoms with Crippen molar-refractivity contribution in [1.29, 1.82) is 0 Å². The number of nitrogens with zero attached hydrogens (tertiary/aromatic N) is 2. The Morgan fingerprint density at radius 1 is 1.31 bits per heavy atom. The summed E-state index contributed by atoms with van der Waals surface area (Å²) >= 11 is 0. The van der Waals surface area contributed by atoms with Gasteiger partial charge in [0.2, 0.25) is 0 Å². The maximum Gasteiger partial charge on any atom is 0.343 e. The second kappa shape index (κ2) is 8.47. The van der Waals surface area contributed by atoms with Crippen LogP contribution in [0.2, 0.25) is 0 Å². The van der Waals surface area contributed by atoms with Crippen LogP contribution in [-0.4, -0.2) is 40.4 Å². The van der Waals surface area contributed by atoms with Crippen LogP contribution in [-0.2, 0) is 44.2 Å². The van der Waals surface area contributed by atoms with Crippen molar-refractivity contribution in [3.63, 3.8) is 0 Å². The van der Waals surface area contributed by atoms with Gasteiger partial charge in [0.25, 0.3) is 5.56 Å². The molecule has 182 valence electrons. The third-order valence-electron chi connectivity index (χ3n) is 6.77. The molecule has 0 radical (unpaired) electrons. The Bertz CT molecular complexity index is 1450. The van der Waals surface area contributed by atoms with Crippen molar-refractivity contribution in [3.05, 3.63) is 56.9 Å². The maximum absolute atomic E-state index is 13.3. The summed E-state index contributed by atoms with van der Waals surface area (Å²) in [7, 11) is 1.56. The van der Waals surface area contributed by atoms with Crippen LogP contribution in [0.4, 0.5) is 0 Å². The van der Waals surface area contributed by atoms with E-state index in [1.54, 1.807) is 24.7 Å². The van der Waals surface area contributed by atoms with Crippen molar-refractivity contribution in [1.82, 2.24) is 9.55 Å². The molecule has 0 fully saturated rings. The molecule has 4 heterocycles. The number of fused-ring (bicyclic) bond motifs is 5. The normalized spacial score (nSPS) is 18.0. The molecular formula is C25H25N3O7. The number of aliphatic hydroxyl groups is 1. The van der Waals surface area contributed by atoms with Crippen molar-refractivity contribution in [2.45, 2.75) is 44.9 Å². The maximum atomic E-state index is 13.3. The van der Waals surface area contributed by atoms with E-state index in [2.05, 4.69) is 0 Å². The van der Waals surface area contributed by atoms with E-state index in [-0.39, 0.29) is 49.4 Å². The zero-order chi connectivity index (χ0) is 24.9. The molecule has 35 heavy (non-hydrogen) atoms. The lowest BCUT2D eigenvalue weighted by molar-refractivity contribution is -0.172. The zero-order valence-corrected chi connectivity index (χ0v) is 19.4. The Kier molecular flexibility index (Phi) is 5.57. The highest BCUT2D eigenvalue weighted by Crippen LogP contribution is 2.40. The van der Waals surface area contributed by atoms with Gasteiger partial charge in [0.15, 0.2) is 5.60 Å². The van der Waals surface area contributed by atoms with Gasteiger partial charge in [0.1, 0.15) is 19.1 Å². The largest absolute Gasteiger partial charge is 0.496 e. The first-order valence-electron chi connectivity index (χ1n) is 11.3. The minimum absolute atomic E-state index is 0.0819. The summed E-state index contributed by atoms with van der Waals surface area (Å²) in [5.74, 6) is -0.551. The molecule has 10 nitrogen and oxygen atoms in total. The fraction of sp³-hybridized carbons (Fsp3) is 0.360. The van der Waals surface area contributed by atoms with Gasteiger partial charge in [-0.05, 0) is 36.6 Å². The second-order valence-electron chi connectivity index (χ2n) is 8.61. The number of aromatic nitrogens is 2. The fourth-order valence-corrected chi connectivity index (χ4v) is 4.91. The molecule has 0 bridgehead atoms. The van der Waals surface area contributed by atoms with Crippen LogP contribution in [0.3, 0.4) is 0 Å². The highest BCUT2D eigenvalue weighted by Gasteiger charge is 2.45. The fourth-order valence-electron chi connectivity index (χ4n) is 4.91. The van der Waals surface area contributed by atoms with Gasteiger partial charge in [-0.15, -0.1) is 0 Å². The first kappa shape index (κ1) is 23.0. The van der Waals surface area contributed by atoms with Crippen molar-refractivity contribution in [2.24, 2.45) is 5.73 Å². The number of methoxy groups -OCH3 is 1. The SMILES string of the molecule is CC[C@@]1(O)C(=O)OCc2c1cc1n(c2=O)Cc2cc3c(OC)c(CCC(=O)OCN)ccc3nc2-1. The Hall–Kier alpha value is -3.76. The molecule has 5 rings (SSSR count). The number of carbonyl (C=O) groups excluding carboxylic acids is 2. The Morgan fingerprint density at radius 2 is 2.11 bits per heavy atom. The quantitative estimate of drug-likeness (QED) is 0.310. The van der Waals surface area contributed by atoms with Crippen molar-refractivity contribution in [2.75, 3.05) is 13.8 Å². The van der Waals surface area contributed by atoms with Crippen molar-refractivity contribution < 1.29 is 28.9 Å². The molecule has 2 aromatic heterocycles. The smallest absolute Gasteiger partial charge is 0.343 e. The number of nitrogens with two attached hydrogens (primary N) is 1. The van der Waals surface area contributed by atoms with E-state index in [9.17, 15) is 19.5 Å². The monoisotopic (exact) mass is 479 g/mol.